The van der Waals surface area contributed by atoms with Gasteiger partial charge in [-0.15, -0.1) is 0 Å². The molecular formula is C14H23N3O. The smallest absolute Gasteiger partial charge is 0.231 e. The largest absolute Gasteiger partial charge is 0.369 e. The zero-order valence-electron chi connectivity index (χ0n) is 10.8. The van der Waals surface area contributed by atoms with E-state index in [2.05, 4.69) is 22.4 Å². The second kappa shape index (κ2) is 5.02. The normalized spacial score (nSPS) is 36.3. The van der Waals surface area contributed by atoms with Crippen molar-refractivity contribution in [2.75, 3.05) is 19.6 Å². The minimum Gasteiger partial charge on any atom is -0.369 e. The lowest BCUT2D eigenvalue weighted by Gasteiger charge is -2.44. The van der Waals surface area contributed by atoms with Crippen molar-refractivity contribution in [3.05, 3.63) is 12.2 Å². The van der Waals surface area contributed by atoms with Crippen LogP contribution in [0, 0.1) is 11.8 Å². The number of hydrogen-bond acceptors (Lipinski definition) is 3. The number of nitrogens with two attached hydrogens (primary N) is 1. The van der Waals surface area contributed by atoms with Crippen LogP contribution in [0.4, 0.5) is 0 Å². The Morgan fingerprint density at radius 3 is 2.83 bits per heavy atom. The molecule has 100 valence electrons. The molecule has 0 radical (unpaired) electrons. The number of hydrogen-bond donors (Lipinski definition) is 2. The summed E-state index contributed by atoms with van der Waals surface area (Å²) in [7, 11) is 0. The average molecular weight is 249 g/mol. The van der Waals surface area contributed by atoms with Gasteiger partial charge in [-0.2, -0.15) is 0 Å². The van der Waals surface area contributed by atoms with Crippen molar-refractivity contribution in [2.24, 2.45) is 17.6 Å². The number of amides is 1. The fraction of sp³-hybridized carbons (Fsp3) is 0.786. The van der Waals surface area contributed by atoms with Crippen LogP contribution in [0.1, 0.15) is 25.7 Å². The van der Waals surface area contributed by atoms with Crippen molar-refractivity contribution in [3.63, 3.8) is 0 Å². The van der Waals surface area contributed by atoms with Crippen LogP contribution in [0.3, 0.4) is 0 Å². The van der Waals surface area contributed by atoms with E-state index in [4.69, 9.17) is 5.73 Å². The second-order valence-corrected chi connectivity index (χ2v) is 6.03. The summed E-state index contributed by atoms with van der Waals surface area (Å²) in [5.74, 6) is 1.52. The maximum atomic E-state index is 10.9. The molecule has 1 heterocycles. The first kappa shape index (κ1) is 12.2. The molecule has 0 spiro atoms. The summed E-state index contributed by atoms with van der Waals surface area (Å²) >= 11 is 0. The van der Waals surface area contributed by atoms with E-state index in [9.17, 15) is 4.79 Å². The maximum Gasteiger partial charge on any atom is 0.231 e. The van der Waals surface area contributed by atoms with E-state index in [0.717, 1.165) is 37.8 Å². The number of carbonyl (C=O) groups is 1. The highest BCUT2D eigenvalue weighted by atomic mass is 16.1. The molecule has 3 rings (SSSR count). The molecule has 0 aromatic carbocycles. The van der Waals surface area contributed by atoms with Gasteiger partial charge in [0.15, 0.2) is 0 Å². The van der Waals surface area contributed by atoms with Crippen LogP contribution >= 0.6 is 0 Å². The van der Waals surface area contributed by atoms with Gasteiger partial charge >= 0.3 is 0 Å². The number of likely N-dealkylation sites (tertiary alicyclic amines) is 1. The maximum absolute atomic E-state index is 10.9. The summed E-state index contributed by atoms with van der Waals surface area (Å²) in [6.45, 7) is 2.41. The minimum atomic E-state index is -0.209. The van der Waals surface area contributed by atoms with Gasteiger partial charge in [0.25, 0.3) is 0 Å². The molecule has 1 saturated heterocycles. The zero-order valence-corrected chi connectivity index (χ0v) is 10.8. The molecule has 1 saturated carbocycles. The van der Waals surface area contributed by atoms with Gasteiger partial charge < -0.3 is 11.1 Å². The summed E-state index contributed by atoms with van der Waals surface area (Å²) in [5, 5.41) is 3.81. The zero-order chi connectivity index (χ0) is 12.5. The van der Waals surface area contributed by atoms with Crippen molar-refractivity contribution >= 4 is 5.91 Å². The van der Waals surface area contributed by atoms with Gasteiger partial charge in [-0.1, -0.05) is 12.2 Å². The van der Waals surface area contributed by atoms with Crippen molar-refractivity contribution < 1.29 is 4.79 Å². The van der Waals surface area contributed by atoms with Crippen LogP contribution in [-0.2, 0) is 4.79 Å². The predicted octanol–water partition coefficient (Wildman–Crippen LogP) is 0.490. The Bertz CT molecular complexity index is 347. The molecule has 1 aliphatic heterocycles. The second-order valence-electron chi connectivity index (χ2n) is 6.03. The molecule has 3 N–H and O–H groups in total. The highest BCUT2D eigenvalue weighted by Gasteiger charge is 2.41. The molecule has 0 aromatic rings. The molecule has 4 nitrogen and oxygen atoms in total. The van der Waals surface area contributed by atoms with Gasteiger partial charge in [0.05, 0.1) is 6.54 Å². The molecule has 4 heteroatoms. The van der Waals surface area contributed by atoms with Crippen molar-refractivity contribution in [3.8, 4) is 0 Å². The quantitative estimate of drug-likeness (QED) is 0.713. The Labute approximate surface area is 109 Å². The van der Waals surface area contributed by atoms with E-state index in [1.165, 1.54) is 12.8 Å². The van der Waals surface area contributed by atoms with Crippen LogP contribution in [-0.4, -0.2) is 42.5 Å². The van der Waals surface area contributed by atoms with E-state index < -0.39 is 0 Å². The number of piperidine rings is 1. The Kier molecular flexibility index (Phi) is 3.39. The van der Waals surface area contributed by atoms with Gasteiger partial charge in [0, 0.05) is 25.2 Å². The first-order valence-electron chi connectivity index (χ1n) is 7.16. The molecule has 3 aliphatic rings. The Balaban J connectivity index is 1.41. The third-order valence-electron chi connectivity index (χ3n) is 4.78. The predicted molar refractivity (Wildman–Crippen MR) is 70.9 cm³/mol. The average Bonchev–Trinajstić information content (AvgIpc) is 2.69. The molecule has 1 amide bonds. The first-order valence-corrected chi connectivity index (χ1v) is 7.16. The number of primary amides is 1. The highest BCUT2D eigenvalue weighted by molar-refractivity contribution is 5.75. The van der Waals surface area contributed by atoms with E-state index in [1.54, 1.807) is 0 Å². The Morgan fingerprint density at radius 2 is 2.17 bits per heavy atom. The third-order valence-corrected chi connectivity index (χ3v) is 4.78. The monoisotopic (exact) mass is 249 g/mol. The summed E-state index contributed by atoms with van der Waals surface area (Å²) < 4.78 is 0. The van der Waals surface area contributed by atoms with E-state index >= 15 is 0 Å². The van der Waals surface area contributed by atoms with Gasteiger partial charge in [-0.25, -0.2) is 0 Å². The molecule has 3 atom stereocenters. The van der Waals surface area contributed by atoms with Crippen LogP contribution < -0.4 is 11.1 Å². The Morgan fingerprint density at radius 1 is 1.39 bits per heavy atom. The topological polar surface area (TPSA) is 58.4 Å². The fourth-order valence-corrected chi connectivity index (χ4v) is 3.69. The summed E-state index contributed by atoms with van der Waals surface area (Å²) in [6, 6.07) is 1.34. The van der Waals surface area contributed by atoms with Gasteiger partial charge in [-0.3, -0.25) is 9.69 Å². The molecule has 18 heavy (non-hydrogen) atoms. The van der Waals surface area contributed by atoms with Gasteiger partial charge in [0.2, 0.25) is 5.91 Å². The summed E-state index contributed by atoms with van der Waals surface area (Å²) in [6.07, 6.45) is 9.66. The Hall–Kier alpha value is -0.870. The summed E-state index contributed by atoms with van der Waals surface area (Å²) in [4.78, 5) is 13.0. The lowest BCUT2D eigenvalue weighted by Crippen LogP contribution is -2.54. The molecule has 2 aliphatic carbocycles. The van der Waals surface area contributed by atoms with Crippen molar-refractivity contribution in [2.45, 2.75) is 37.8 Å². The molecule has 0 aromatic heterocycles. The molecule has 0 bridgehead atoms. The fourth-order valence-electron chi connectivity index (χ4n) is 3.69. The number of nitrogens with zero attached hydrogens (tertiary/aromatic N) is 1. The third kappa shape index (κ3) is 2.45. The molecule has 3 unspecified atom stereocenters. The number of fused-ring (bicyclic) bond motifs is 1. The van der Waals surface area contributed by atoms with Crippen LogP contribution in [0.15, 0.2) is 12.2 Å². The van der Waals surface area contributed by atoms with E-state index in [-0.39, 0.29) is 5.91 Å². The number of rotatable bonds is 4. The van der Waals surface area contributed by atoms with Crippen LogP contribution in [0.25, 0.3) is 0 Å². The number of allylic oxidation sites excluding steroid dienone is 1. The van der Waals surface area contributed by atoms with Crippen LogP contribution in [0.5, 0.6) is 0 Å². The van der Waals surface area contributed by atoms with Gasteiger partial charge in [0.1, 0.15) is 0 Å². The SMILES string of the molecule is NC(=O)CN1CCC(NC2CC3CC=CC32)CC1. The molecule has 2 fully saturated rings. The number of carbonyl (C=O) groups excluding carboxylic acids is 1. The van der Waals surface area contributed by atoms with E-state index in [1.807, 2.05) is 0 Å². The lowest BCUT2D eigenvalue weighted by molar-refractivity contribution is -0.119. The highest BCUT2D eigenvalue weighted by Crippen LogP contribution is 2.43. The van der Waals surface area contributed by atoms with Crippen molar-refractivity contribution in [1.29, 1.82) is 0 Å². The van der Waals surface area contributed by atoms with Crippen LogP contribution in [0.2, 0.25) is 0 Å². The minimum absolute atomic E-state index is 0.209. The standard InChI is InChI=1S/C14H23N3O/c15-14(18)9-17-6-4-11(5-7-17)16-13-8-10-2-1-3-12(10)13/h1,3,10-13,16H,2,4-9H2,(H2,15,18). The lowest BCUT2D eigenvalue weighted by atomic mass is 9.71. The first-order chi connectivity index (χ1) is 8.72. The van der Waals surface area contributed by atoms with Gasteiger partial charge in [-0.05, 0) is 37.5 Å². The summed E-state index contributed by atoms with van der Waals surface area (Å²) in [5.41, 5.74) is 5.22. The number of nitrogens with one attached hydrogen (secondary N) is 1. The molecular weight excluding hydrogens is 226 g/mol. The van der Waals surface area contributed by atoms with Crippen molar-refractivity contribution in [1.82, 2.24) is 10.2 Å². The van der Waals surface area contributed by atoms with E-state index in [0.29, 0.717) is 18.6 Å².